The first kappa shape index (κ1) is 20.9. The van der Waals surface area contributed by atoms with Crippen molar-refractivity contribution in [3.8, 4) is 0 Å². The van der Waals surface area contributed by atoms with Gasteiger partial charge in [-0.3, -0.25) is 9.69 Å². The van der Waals surface area contributed by atoms with Crippen molar-refractivity contribution < 1.29 is 4.79 Å². The summed E-state index contributed by atoms with van der Waals surface area (Å²) in [6.45, 7) is 7.06. The molecule has 1 amide bonds. The fourth-order valence-corrected chi connectivity index (χ4v) is 3.25. The van der Waals surface area contributed by atoms with Gasteiger partial charge in [-0.1, -0.05) is 44.0 Å². The minimum Gasteiger partial charge on any atom is -0.351 e. The van der Waals surface area contributed by atoms with E-state index in [1.807, 2.05) is 13.0 Å². The van der Waals surface area contributed by atoms with Crippen molar-refractivity contribution in [3.63, 3.8) is 0 Å². The molecular weight excluding hydrogens is 322 g/mol. The number of carbonyl (C=O) groups is 1. The minimum atomic E-state index is -0.394. The quantitative estimate of drug-likeness (QED) is 0.791. The predicted octanol–water partition coefficient (Wildman–Crippen LogP) is 3.23. The van der Waals surface area contributed by atoms with Gasteiger partial charge in [-0.05, 0) is 43.9 Å². The average Bonchev–Trinajstić information content (AvgIpc) is 2.56. The Hall–Kier alpha value is -1.10. The fourth-order valence-electron chi connectivity index (χ4n) is 3.25. The maximum atomic E-state index is 12.0. The van der Waals surface area contributed by atoms with Gasteiger partial charge in [0.05, 0.1) is 6.04 Å². The lowest BCUT2D eigenvalue weighted by molar-refractivity contribution is -0.122. The van der Waals surface area contributed by atoms with Gasteiger partial charge in [-0.25, -0.2) is 0 Å². The number of hydrogen-bond donors (Lipinski definition) is 2. The summed E-state index contributed by atoms with van der Waals surface area (Å²) in [5.74, 6) is -0.0482. The predicted molar refractivity (Wildman–Crippen MR) is 102 cm³/mol. The van der Waals surface area contributed by atoms with Crippen LogP contribution in [0, 0.1) is 0 Å². The summed E-state index contributed by atoms with van der Waals surface area (Å²) >= 11 is 0. The molecule has 2 unspecified atom stereocenters. The molecule has 3 N–H and O–H groups in total. The fraction of sp³-hybridized carbons (Fsp3) is 0.632. The van der Waals surface area contributed by atoms with Gasteiger partial charge in [0.15, 0.2) is 0 Å². The highest BCUT2D eigenvalue weighted by Crippen LogP contribution is 2.20. The second-order valence-electron chi connectivity index (χ2n) is 6.70. The molecule has 5 heteroatoms. The van der Waals surface area contributed by atoms with Gasteiger partial charge in [0.2, 0.25) is 5.91 Å². The number of rotatable bonds is 7. The first-order valence-electron chi connectivity index (χ1n) is 8.96. The standard InChI is InChI=1S/C19H31N3O.ClH/c1-3-8-18(20)19(23)21-13-16-10-4-5-11-17(16)14-22-12-7-6-9-15(22)2;/h4-5,10-11,15,18H,3,6-9,12-14,20H2,1-2H3,(H,21,23);1H. The van der Waals surface area contributed by atoms with Gasteiger partial charge in [0, 0.05) is 19.1 Å². The highest BCUT2D eigenvalue weighted by atomic mass is 35.5. The molecule has 0 radical (unpaired) electrons. The molecule has 0 bridgehead atoms. The Labute approximate surface area is 152 Å². The van der Waals surface area contributed by atoms with Crippen LogP contribution in [0.3, 0.4) is 0 Å². The van der Waals surface area contributed by atoms with E-state index in [2.05, 4.69) is 35.3 Å². The van der Waals surface area contributed by atoms with Gasteiger partial charge in [0.1, 0.15) is 0 Å². The van der Waals surface area contributed by atoms with Gasteiger partial charge in [0.25, 0.3) is 0 Å². The molecule has 1 fully saturated rings. The molecular formula is C19H32ClN3O. The molecule has 1 saturated heterocycles. The van der Waals surface area contributed by atoms with Gasteiger partial charge >= 0.3 is 0 Å². The van der Waals surface area contributed by atoms with Crippen LogP contribution in [0.4, 0.5) is 0 Å². The summed E-state index contributed by atoms with van der Waals surface area (Å²) in [6, 6.07) is 8.65. The smallest absolute Gasteiger partial charge is 0.237 e. The molecule has 1 aromatic rings. The van der Waals surface area contributed by atoms with Crippen LogP contribution in [0.5, 0.6) is 0 Å². The number of halogens is 1. The van der Waals surface area contributed by atoms with Crippen LogP contribution in [0.25, 0.3) is 0 Å². The molecule has 1 aromatic carbocycles. The Morgan fingerprint density at radius 2 is 2.04 bits per heavy atom. The molecule has 1 heterocycles. The number of hydrogen-bond acceptors (Lipinski definition) is 3. The number of carbonyl (C=O) groups excluding carboxylic acids is 1. The maximum absolute atomic E-state index is 12.0. The zero-order valence-corrected chi connectivity index (χ0v) is 15.8. The highest BCUT2D eigenvalue weighted by Gasteiger charge is 2.19. The number of likely N-dealkylation sites (tertiary alicyclic amines) is 1. The molecule has 0 aliphatic carbocycles. The molecule has 4 nitrogen and oxygen atoms in total. The van der Waals surface area contributed by atoms with Crippen LogP contribution in [-0.2, 0) is 17.9 Å². The van der Waals surface area contributed by atoms with Gasteiger partial charge in [-0.15, -0.1) is 12.4 Å². The van der Waals surface area contributed by atoms with Crippen LogP contribution in [0.1, 0.15) is 57.1 Å². The SMILES string of the molecule is CCCC(N)C(=O)NCc1ccccc1CN1CCCCC1C.Cl. The number of nitrogens with zero attached hydrogens (tertiary/aromatic N) is 1. The summed E-state index contributed by atoms with van der Waals surface area (Å²) in [7, 11) is 0. The summed E-state index contributed by atoms with van der Waals surface area (Å²) in [5.41, 5.74) is 8.38. The van der Waals surface area contributed by atoms with Crippen molar-refractivity contribution in [1.82, 2.24) is 10.2 Å². The van der Waals surface area contributed by atoms with E-state index in [1.165, 1.54) is 36.9 Å². The van der Waals surface area contributed by atoms with E-state index >= 15 is 0 Å². The van der Waals surface area contributed by atoms with E-state index in [0.717, 1.165) is 19.4 Å². The van der Waals surface area contributed by atoms with Crippen molar-refractivity contribution in [2.24, 2.45) is 5.73 Å². The van der Waals surface area contributed by atoms with E-state index in [-0.39, 0.29) is 18.3 Å². The molecule has 24 heavy (non-hydrogen) atoms. The minimum absolute atomic E-state index is 0. The normalized spacial score (nSPS) is 19.4. The summed E-state index contributed by atoms with van der Waals surface area (Å²) in [5, 5.41) is 2.99. The van der Waals surface area contributed by atoms with Gasteiger partial charge < -0.3 is 11.1 Å². The van der Waals surface area contributed by atoms with Crippen LogP contribution in [-0.4, -0.2) is 29.4 Å². The monoisotopic (exact) mass is 353 g/mol. The molecule has 0 spiro atoms. The van der Waals surface area contributed by atoms with Crippen LogP contribution in [0.2, 0.25) is 0 Å². The molecule has 0 aromatic heterocycles. The molecule has 136 valence electrons. The van der Waals surface area contributed by atoms with Crippen molar-refractivity contribution in [2.45, 2.75) is 71.1 Å². The topological polar surface area (TPSA) is 58.4 Å². The van der Waals surface area contributed by atoms with Crippen molar-refractivity contribution in [2.75, 3.05) is 6.54 Å². The van der Waals surface area contributed by atoms with Crippen molar-refractivity contribution in [3.05, 3.63) is 35.4 Å². The maximum Gasteiger partial charge on any atom is 0.237 e. The second kappa shape index (κ2) is 10.7. The summed E-state index contributed by atoms with van der Waals surface area (Å²) in [6.07, 6.45) is 5.57. The lowest BCUT2D eigenvalue weighted by Gasteiger charge is -2.33. The molecule has 1 aliphatic rings. The van der Waals surface area contributed by atoms with Gasteiger partial charge in [-0.2, -0.15) is 0 Å². The van der Waals surface area contributed by atoms with E-state index in [4.69, 9.17) is 5.73 Å². The zero-order chi connectivity index (χ0) is 16.7. The third-order valence-electron chi connectivity index (χ3n) is 4.82. The molecule has 2 rings (SSSR count). The summed E-state index contributed by atoms with van der Waals surface area (Å²) < 4.78 is 0. The van der Waals surface area contributed by atoms with E-state index in [1.54, 1.807) is 0 Å². The summed E-state index contributed by atoms with van der Waals surface area (Å²) in [4.78, 5) is 14.6. The van der Waals surface area contributed by atoms with Crippen LogP contribution in [0.15, 0.2) is 24.3 Å². The van der Waals surface area contributed by atoms with Crippen molar-refractivity contribution in [1.29, 1.82) is 0 Å². The third-order valence-corrected chi connectivity index (χ3v) is 4.82. The van der Waals surface area contributed by atoms with Crippen LogP contribution >= 0.6 is 12.4 Å². The number of amides is 1. The Bertz CT molecular complexity index is 509. The Kier molecular flexibility index (Phi) is 9.34. The van der Waals surface area contributed by atoms with E-state index in [0.29, 0.717) is 12.6 Å². The molecule has 0 saturated carbocycles. The highest BCUT2D eigenvalue weighted by molar-refractivity contribution is 5.85. The number of benzene rings is 1. The van der Waals surface area contributed by atoms with Crippen molar-refractivity contribution >= 4 is 18.3 Å². The second-order valence-corrected chi connectivity index (χ2v) is 6.70. The lowest BCUT2D eigenvalue weighted by atomic mass is 10.0. The lowest BCUT2D eigenvalue weighted by Crippen LogP contribution is -2.40. The molecule has 1 aliphatic heterocycles. The number of nitrogens with two attached hydrogens (primary N) is 1. The zero-order valence-electron chi connectivity index (χ0n) is 15.0. The van der Waals surface area contributed by atoms with E-state index < -0.39 is 6.04 Å². The van der Waals surface area contributed by atoms with Crippen LogP contribution < -0.4 is 11.1 Å². The first-order valence-corrected chi connectivity index (χ1v) is 8.96. The number of nitrogens with one attached hydrogen (secondary N) is 1. The molecule has 2 atom stereocenters. The largest absolute Gasteiger partial charge is 0.351 e. The Morgan fingerprint density at radius 1 is 1.33 bits per heavy atom. The first-order chi connectivity index (χ1) is 11.1. The Morgan fingerprint density at radius 3 is 2.71 bits per heavy atom. The average molecular weight is 354 g/mol. The Balaban J connectivity index is 0.00000288. The number of piperidine rings is 1. The third kappa shape index (κ3) is 6.08. The van der Waals surface area contributed by atoms with E-state index in [9.17, 15) is 4.79 Å².